The zero-order valence-electron chi connectivity index (χ0n) is 20.0. The number of allylic oxidation sites excluding steroid dienone is 1. The van der Waals surface area contributed by atoms with Crippen molar-refractivity contribution in [3.05, 3.63) is 41.5 Å². The zero-order chi connectivity index (χ0) is 23.9. The van der Waals surface area contributed by atoms with Crippen LogP contribution in [0.3, 0.4) is 0 Å². The van der Waals surface area contributed by atoms with Gasteiger partial charge in [-0.25, -0.2) is 8.78 Å². The Bertz CT molecular complexity index is 921. The second kappa shape index (κ2) is 8.65. The monoisotopic (exact) mass is 447 g/mol. The maximum Gasteiger partial charge on any atom is 0.229 e. The van der Waals surface area contributed by atoms with E-state index in [0.717, 1.165) is 12.8 Å². The van der Waals surface area contributed by atoms with Gasteiger partial charge in [-0.3, -0.25) is 4.79 Å². The number of likely N-dealkylation sites (tertiary alicyclic amines) is 1. The van der Waals surface area contributed by atoms with Gasteiger partial charge in [-0.15, -0.1) is 0 Å². The number of aliphatic hydroxyl groups is 1. The topological polar surface area (TPSA) is 65.3 Å². The maximum atomic E-state index is 14.4. The smallest absolute Gasteiger partial charge is 0.229 e. The minimum Gasteiger partial charge on any atom is -0.388 e. The van der Waals surface area contributed by atoms with Gasteiger partial charge in [-0.2, -0.15) is 10.2 Å². The van der Waals surface area contributed by atoms with Crippen LogP contribution in [-0.4, -0.2) is 41.7 Å². The van der Waals surface area contributed by atoms with Crippen LogP contribution in [0.25, 0.3) is 5.70 Å². The summed E-state index contributed by atoms with van der Waals surface area (Å²) in [5.74, 6) is -1.25. The lowest BCUT2D eigenvalue weighted by Crippen LogP contribution is -2.49. The van der Waals surface area contributed by atoms with Gasteiger partial charge in [0.2, 0.25) is 5.91 Å². The predicted molar refractivity (Wildman–Crippen MR) is 121 cm³/mol. The summed E-state index contributed by atoms with van der Waals surface area (Å²) in [7, 11) is 1.47. The Hall–Kier alpha value is -2.15. The molecule has 7 heteroatoms. The third-order valence-electron chi connectivity index (χ3n) is 8.00. The SMILES string of the molecule is CN=N/C(=C\C(C)C1CC[C@](C)(C(=O)N2CCC(C)(O)C2)C1(C)C)c1c(F)cccc1F. The molecular weight excluding hydrogens is 412 g/mol. The first-order chi connectivity index (χ1) is 14.8. The second-order valence-corrected chi connectivity index (χ2v) is 10.5. The van der Waals surface area contributed by atoms with Crippen LogP contribution in [0, 0.1) is 34.3 Å². The number of hydrogen-bond donors (Lipinski definition) is 1. The molecule has 1 aliphatic carbocycles. The van der Waals surface area contributed by atoms with Crippen molar-refractivity contribution < 1.29 is 18.7 Å². The Labute approximate surface area is 189 Å². The van der Waals surface area contributed by atoms with Crippen molar-refractivity contribution in [2.24, 2.45) is 32.9 Å². The zero-order valence-corrected chi connectivity index (χ0v) is 20.0. The molecule has 1 heterocycles. The van der Waals surface area contributed by atoms with Crippen molar-refractivity contribution in [1.29, 1.82) is 0 Å². The predicted octanol–water partition coefficient (Wildman–Crippen LogP) is 5.45. The molecule has 0 bridgehead atoms. The summed E-state index contributed by atoms with van der Waals surface area (Å²) in [5, 5.41) is 18.1. The second-order valence-electron chi connectivity index (χ2n) is 10.5. The van der Waals surface area contributed by atoms with Crippen LogP contribution in [0.15, 0.2) is 34.5 Å². The molecule has 2 aliphatic rings. The number of nitrogens with zero attached hydrogens (tertiary/aromatic N) is 3. The summed E-state index contributed by atoms with van der Waals surface area (Å²) in [6.45, 7) is 10.9. The number of carbonyl (C=O) groups is 1. The molecule has 1 amide bonds. The van der Waals surface area contributed by atoms with Gasteiger partial charge in [0.1, 0.15) is 11.6 Å². The summed E-state index contributed by atoms with van der Waals surface area (Å²) in [5.41, 5.74) is -1.80. The van der Waals surface area contributed by atoms with Crippen LogP contribution in [0.2, 0.25) is 0 Å². The van der Waals surface area contributed by atoms with Gasteiger partial charge in [0.15, 0.2) is 0 Å². The summed E-state index contributed by atoms with van der Waals surface area (Å²) in [6.07, 6.45) is 3.89. The number of β-amino-alcohol motifs (C(OH)–C–C–N with tert-alkyl or cyclic N) is 1. The molecule has 0 radical (unpaired) electrons. The Kier molecular flexibility index (Phi) is 6.62. The molecule has 2 fully saturated rings. The summed E-state index contributed by atoms with van der Waals surface area (Å²) < 4.78 is 28.8. The molecule has 0 spiro atoms. The average Bonchev–Trinajstić information content (AvgIpc) is 3.17. The number of amides is 1. The van der Waals surface area contributed by atoms with E-state index in [0.29, 0.717) is 19.5 Å². The highest BCUT2D eigenvalue weighted by Gasteiger charge is 2.58. The van der Waals surface area contributed by atoms with E-state index in [1.54, 1.807) is 17.9 Å². The fourth-order valence-electron chi connectivity index (χ4n) is 5.69. The van der Waals surface area contributed by atoms with Gasteiger partial charge < -0.3 is 10.0 Å². The molecule has 1 aromatic rings. The number of rotatable bonds is 5. The first-order valence-electron chi connectivity index (χ1n) is 11.3. The fraction of sp³-hybridized carbons (Fsp3) is 0.640. The van der Waals surface area contributed by atoms with Crippen LogP contribution >= 0.6 is 0 Å². The molecule has 1 N–H and O–H groups in total. The normalized spacial score (nSPS) is 31.5. The molecular formula is C25H35F2N3O2. The van der Waals surface area contributed by atoms with Crippen molar-refractivity contribution in [3.8, 4) is 0 Å². The number of benzene rings is 1. The van der Waals surface area contributed by atoms with Crippen molar-refractivity contribution >= 4 is 11.6 Å². The molecule has 1 aromatic carbocycles. The largest absolute Gasteiger partial charge is 0.388 e. The van der Waals surface area contributed by atoms with Crippen LogP contribution in [0.4, 0.5) is 8.78 Å². The molecule has 1 aliphatic heterocycles. The molecule has 176 valence electrons. The molecule has 3 rings (SSSR count). The summed E-state index contributed by atoms with van der Waals surface area (Å²) >= 11 is 0. The van der Waals surface area contributed by atoms with Gasteiger partial charge in [-0.1, -0.05) is 39.8 Å². The van der Waals surface area contributed by atoms with Crippen molar-refractivity contribution in [3.63, 3.8) is 0 Å². The first kappa shape index (κ1) is 24.5. The van der Waals surface area contributed by atoms with Crippen molar-refractivity contribution in [1.82, 2.24) is 4.90 Å². The Morgan fingerprint density at radius 3 is 2.38 bits per heavy atom. The Morgan fingerprint density at radius 1 is 1.22 bits per heavy atom. The van der Waals surface area contributed by atoms with E-state index in [9.17, 15) is 18.7 Å². The van der Waals surface area contributed by atoms with E-state index in [2.05, 4.69) is 24.1 Å². The molecule has 5 nitrogen and oxygen atoms in total. The minimum absolute atomic E-state index is 0.0765. The highest BCUT2D eigenvalue weighted by atomic mass is 19.1. The number of hydrogen-bond acceptors (Lipinski definition) is 4. The van der Waals surface area contributed by atoms with Gasteiger partial charge in [-0.05, 0) is 55.6 Å². The van der Waals surface area contributed by atoms with Gasteiger partial charge in [0.05, 0.1) is 22.3 Å². The lowest BCUT2D eigenvalue weighted by Gasteiger charge is -2.44. The number of carbonyl (C=O) groups excluding carboxylic acids is 1. The lowest BCUT2D eigenvalue weighted by molar-refractivity contribution is -0.147. The van der Waals surface area contributed by atoms with E-state index < -0.39 is 22.7 Å². The van der Waals surface area contributed by atoms with E-state index in [1.165, 1.54) is 25.2 Å². The van der Waals surface area contributed by atoms with Crippen molar-refractivity contribution in [2.45, 2.75) is 59.5 Å². The molecule has 1 saturated carbocycles. The summed E-state index contributed by atoms with van der Waals surface area (Å²) in [6, 6.07) is 3.75. The quantitative estimate of drug-likeness (QED) is 0.610. The van der Waals surface area contributed by atoms with Crippen LogP contribution in [0.1, 0.15) is 59.4 Å². The van der Waals surface area contributed by atoms with Crippen LogP contribution in [0.5, 0.6) is 0 Å². The van der Waals surface area contributed by atoms with Gasteiger partial charge in [0, 0.05) is 20.1 Å². The summed E-state index contributed by atoms with van der Waals surface area (Å²) in [4.78, 5) is 15.3. The highest BCUT2D eigenvalue weighted by Crippen LogP contribution is 2.59. The van der Waals surface area contributed by atoms with Crippen molar-refractivity contribution in [2.75, 3.05) is 20.1 Å². The van der Waals surface area contributed by atoms with Gasteiger partial charge >= 0.3 is 0 Å². The standard InChI is InChI=1S/C25H35F2N3O2/c1-16(14-20(29-28-6)21-18(26)8-7-9-19(21)27)17-10-11-25(5,23(17,2)3)22(31)30-13-12-24(4,32)15-30/h7-9,14,16-17,32H,10-13,15H2,1-6H3/b20-14-,29-28?/t16?,17?,24?,25-/m1/s1. The lowest BCUT2D eigenvalue weighted by atomic mass is 9.62. The van der Waals surface area contributed by atoms with E-state index in [-0.39, 0.29) is 34.4 Å². The first-order valence-corrected chi connectivity index (χ1v) is 11.3. The van der Waals surface area contributed by atoms with Crippen LogP contribution in [-0.2, 0) is 4.79 Å². The molecule has 32 heavy (non-hydrogen) atoms. The highest BCUT2D eigenvalue weighted by molar-refractivity contribution is 5.84. The van der Waals surface area contributed by atoms with Gasteiger partial charge in [0.25, 0.3) is 0 Å². The molecule has 1 saturated heterocycles. The Balaban J connectivity index is 1.90. The third-order valence-corrected chi connectivity index (χ3v) is 8.00. The average molecular weight is 448 g/mol. The maximum absolute atomic E-state index is 14.4. The van der Waals surface area contributed by atoms with E-state index >= 15 is 0 Å². The third kappa shape index (κ3) is 4.24. The number of azo groups is 1. The van der Waals surface area contributed by atoms with Crippen LogP contribution < -0.4 is 0 Å². The fourth-order valence-corrected chi connectivity index (χ4v) is 5.69. The molecule has 4 atom stereocenters. The van der Waals surface area contributed by atoms with E-state index in [4.69, 9.17) is 0 Å². The molecule has 0 aromatic heterocycles. The Morgan fingerprint density at radius 2 is 1.84 bits per heavy atom. The molecule has 3 unspecified atom stereocenters. The van der Waals surface area contributed by atoms with E-state index in [1.807, 2.05) is 13.8 Å². The number of halogens is 2. The minimum atomic E-state index is -0.839.